The maximum atomic E-state index is 13.9. The average molecular weight is 444 g/mol. The molecule has 0 aliphatic carbocycles. The highest BCUT2D eigenvalue weighted by atomic mass is 16.5. The third-order valence-electron chi connectivity index (χ3n) is 5.81. The lowest BCUT2D eigenvalue weighted by Crippen LogP contribution is -2.65. The van der Waals surface area contributed by atoms with E-state index < -0.39 is 23.3 Å². The molecule has 0 unspecified atom stereocenters. The number of imide groups is 2. The Bertz CT molecular complexity index is 1110. The van der Waals surface area contributed by atoms with E-state index in [1.54, 1.807) is 68.8 Å². The summed E-state index contributed by atoms with van der Waals surface area (Å²) in [5.41, 5.74) is 0.430. The first-order valence-corrected chi connectivity index (χ1v) is 10.5. The second-order valence-electron chi connectivity index (χ2n) is 7.87. The molecule has 0 spiro atoms. The summed E-state index contributed by atoms with van der Waals surface area (Å²) >= 11 is 0. The summed E-state index contributed by atoms with van der Waals surface area (Å²) in [6, 6.07) is 22.2. The molecule has 3 aromatic carbocycles. The van der Waals surface area contributed by atoms with Crippen molar-refractivity contribution in [1.82, 2.24) is 5.32 Å². The van der Waals surface area contributed by atoms with Crippen molar-refractivity contribution in [3.05, 3.63) is 90.0 Å². The Morgan fingerprint density at radius 1 is 0.727 bits per heavy atom. The number of methoxy groups -OCH3 is 2. The molecule has 0 saturated carbocycles. The standard InChI is InChI=1S/C26H24N2O5/c1-32-21-12-8-18(9-13-21)16-26(17-19-10-14-22(33-2)15-11-19)23(29)27-25(31)28(24(26)30)20-6-4-3-5-7-20/h3-15H,16-17H2,1-2H3,(H,27,29,31). The maximum Gasteiger partial charge on any atom is 0.335 e. The number of nitrogens with zero attached hydrogens (tertiary/aromatic N) is 1. The van der Waals surface area contributed by atoms with Crippen LogP contribution in [0.4, 0.5) is 10.5 Å². The molecule has 1 N–H and O–H groups in total. The minimum Gasteiger partial charge on any atom is -0.497 e. The molecule has 4 rings (SSSR count). The number of hydrogen-bond acceptors (Lipinski definition) is 5. The van der Waals surface area contributed by atoms with Gasteiger partial charge in [0.1, 0.15) is 16.9 Å². The molecule has 4 amide bonds. The average Bonchev–Trinajstić information content (AvgIpc) is 2.84. The number of benzene rings is 3. The third kappa shape index (κ3) is 4.30. The van der Waals surface area contributed by atoms with Crippen molar-refractivity contribution in [1.29, 1.82) is 0 Å². The lowest BCUT2D eigenvalue weighted by atomic mass is 9.73. The van der Waals surface area contributed by atoms with Gasteiger partial charge in [-0.05, 0) is 60.4 Å². The number of rotatable bonds is 7. The number of ether oxygens (including phenoxy) is 2. The van der Waals surface area contributed by atoms with Gasteiger partial charge < -0.3 is 9.47 Å². The topological polar surface area (TPSA) is 84.9 Å². The second-order valence-corrected chi connectivity index (χ2v) is 7.87. The van der Waals surface area contributed by atoms with E-state index in [0.717, 1.165) is 16.0 Å². The van der Waals surface area contributed by atoms with Gasteiger partial charge in [-0.2, -0.15) is 0 Å². The van der Waals surface area contributed by atoms with E-state index in [2.05, 4.69) is 5.32 Å². The van der Waals surface area contributed by atoms with Crippen LogP contribution in [0.1, 0.15) is 11.1 Å². The monoisotopic (exact) mass is 444 g/mol. The van der Waals surface area contributed by atoms with Crippen LogP contribution in [0, 0.1) is 5.41 Å². The Hall–Kier alpha value is -4.13. The highest BCUT2D eigenvalue weighted by Crippen LogP contribution is 2.36. The minimum absolute atomic E-state index is 0.115. The molecule has 1 aliphatic rings. The van der Waals surface area contributed by atoms with Crippen LogP contribution in [0.3, 0.4) is 0 Å². The van der Waals surface area contributed by atoms with Crippen molar-refractivity contribution >= 4 is 23.5 Å². The zero-order valence-electron chi connectivity index (χ0n) is 18.4. The van der Waals surface area contributed by atoms with Gasteiger partial charge in [0.2, 0.25) is 5.91 Å². The molecule has 168 valence electrons. The Morgan fingerprint density at radius 3 is 1.67 bits per heavy atom. The van der Waals surface area contributed by atoms with Gasteiger partial charge in [-0.1, -0.05) is 42.5 Å². The molecular formula is C26H24N2O5. The van der Waals surface area contributed by atoms with Crippen LogP contribution < -0.4 is 19.7 Å². The number of carbonyl (C=O) groups excluding carboxylic acids is 3. The van der Waals surface area contributed by atoms with E-state index in [9.17, 15) is 14.4 Å². The second kappa shape index (κ2) is 9.16. The predicted octanol–water partition coefficient (Wildman–Crippen LogP) is 3.76. The zero-order valence-corrected chi connectivity index (χ0v) is 18.4. The number of carbonyl (C=O) groups is 3. The molecule has 0 aromatic heterocycles. The van der Waals surface area contributed by atoms with Crippen molar-refractivity contribution in [2.24, 2.45) is 5.41 Å². The largest absolute Gasteiger partial charge is 0.497 e. The summed E-state index contributed by atoms with van der Waals surface area (Å²) in [6.45, 7) is 0. The van der Waals surface area contributed by atoms with E-state index in [0.29, 0.717) is 17.2 Å². The van der Waals surface area contributed by atoms with Crippen molar-refractivity contribution in [3.63, 3.8) is 0 Å². The van der Waals surface area contributed by atoms with Gasteiger partial charge in [-0.25, -0.2) is 9.69 Å². The van der Waals surface area contributed by atoms with E-state index in [4.69, 9.17) is 9.47 Å². The lowest BCUT2D eigenvalue weighted by molar-refractivity contribution is -0.142. The molecule has 0 bridgehead atoms. The van der Waals surface area contributed by atoms with Crippen LogP contribution in [0.15, 0.2) is 78.9 Å². The Labute approximate surface area is 191 Å². The fourth-order valence-electron chi connectivity index (χ4n) is 4.05. The fraction of sp³-hybridized carbons (Fsp3) is 0.192. The molecule has 0 atom stereocenters. The van der Waals surface area contributed by atoms with Crippen molar-refractivity contribution in [2.75, 3.05) is 19.1 Å². The van der Waals surface area contributed by atoms with Crippen LogP contribution >= 0.6 is 0 Å². The van der Waals surface area contributed by atoms with Crippen LogP contribution in [0.25, 0.3) is 0 Å². The molecule has 7 nitrogen and oxygen atoms in total. The molecule has 3 aromatic rings. The molecule has 33 heavy (non-hydrogen) atoms. The van der Waals surface area contributed by atoms with E-state index in [1.165, 1.54) is 0 Å². The van der Waals surface area contributed by atoms with Gasteiger partial charge in [0, 0.05) is 0 Å². The quantitative estimate of drug-likeness (QED) is 0.561. The first kappa shape index (κ1) is 22.1. The first-order valence-electron chi connectivity index (χ1n) is 10.5. The van der Waals surface area contributed by atoms with Gasteiger partial charge in [0.05, 0.1) is 19.9 Å². The van der Waals surface area contributed by atoms with Gasteiger partial charge in [-0.3, -0.25) is 14.9 Å². The number of urea groups is 1. The molecule has 1 saturated heterocycles. The van der Waals surface area contributed by atoms with E-state index in [1.807, 2.05) is 24.3 Å². The van der Waals surface area contributed by atoms with Crippen LogP contribution in [0.5, 0.6) is 11.5 Å². The van der Waals surface area contributed by atoms with Crippen molar-refractivity contribution in [3.8, 4) is 11.5 Å². The summed E-state index contributed by atoms with van der Waals surface area (Å²) in [5, 5.41) is 2.41. The molecule has 1 heterocycles. The molecular weight excluding hydrogens is 420 g/mol. The summed E-state index contributed by atoms with van der Waals surface area (Å²) < 4.78 is 10.4. The Kier molecular flexibility index (Phi) is 6.13. The summed E-state index contributed by atoms with van der Waals surface area (Å²) in [6.07, 6.45) is 0.231. The fourth-order valence-corrected chi connectivity index (χ4v) is 4.05. The SMILES string of the molecule is COc1ccc(CC2(Cc3ccc(OC)cc3)C(=O)NC(=O)N(c3ccccc3)C2=O)cc1. The zero-order chi connectivity index (χ0) is 23.4. The number of amides is 4. The van der Waals surface area contributed by atoms with Gasteiger partial charge in [0.25, 0.3) is 5.91 Å². The molecule has 1 fully saturated rings. The third-order valence-corrected chi connectivity index (χ3v) is 5.81. The number of para-hydroxylation sites is 1. The van der Waals surface area contributed by atoms with Gasteiger partial charge >= 0.3 is 6.03 Å². The predicted molar refractivity (Wildman–Crippen MR) is 123 cm³/mol. The molecule has 0 radical (unpaired) electrons. The Balaban J connectivity index is 1.78. The number of barbiturate groups is 1. The molecule has 7 heteroatoms. The number of hydrogen-bond donors (Lipinski definition) is 1. The maximum absolute atomic E-state index is 13.9. The number of anilines is 1. The van der Waals surface area contributed by atoms with Crippen molar-refractivity contribution < 1.29 is 23.9 Å². The van der Waals surface area contributed by atoms with Crippen LogP contribution in [-0.2, 0) is 22.4 Å². The van der Waals surface area contributed by atoms with Gasteiger partial charge in [0.15, 0.2) is 0 Å². The minimum atomic E-state index is -1.52. The summed E-state index contributed by atoms with van der Waals surface area (Å²) in [4.78, 5) is 41.0. The summed E-state index contributed by atoms with van der Waals surface area (Å²) in [7, 11) is 3.14. The highest BCUT2D eigenvalue weighted by Gasteiger charge is 2.54. The van der Waals surface area contributed by atoms with Gasteiger partial charge in [-0.15, -0.1) is 0 Å². The smallest absolute Gasteiger partial charge is 0.335 e. The molecule has 1 aliphatic heterocycles. The van der Waals surface area contributed by atoms with E-state index >= 15 is 0 Å². The van der Waals surface area contributed by atoms with Crippen molar-refractivity contribution in [2.45, 2.75) is 12.8 Å². The number of nitrogens with one attached hydrogen (secondary N) is 1. The van der Waals surface area contributed by atoms with Crippen LogP contribution in [0.2, 0.25) is 0 Å². The first-order chi connectivity index (χ1) is 16.0. The summed E-state index contributed by atoms with van der Waals surface area (Å²) in [5.74, 6) is 0.164. The Morgan fingerprint density at radius 2 is 1.21 bits per heavy atom. The highest BCUT2D eigenvalue weighted by molar-refractivity contribution is 6.30. The van der Waals surface area contributed by atoms with Crippen LogP contribution in [-0.4, -0.2) is 32.1 Å². The van der Waals surface area contributed by atoms with E-state index in [-0.39, 0.29) is 12.8 Å². The normalized spacial score (nSPS) is 15.2. The lowest BCUT2D eigenvalue weighted by Gasteiger charge is -2.39.